The molecule has 1 rings (SSSR count). The van der Waals surface area contributed by atoms with E-state index < -0.39 is 11.9 Å². The Hall–Kier alpha value is -0.900. The number of aliphatic carboxylic acids is 1. The van der Waals surface area contributed by atoms with Crippen molar-refractivity contribution in [2.45, 2.75) is 32.7 Å². The molecular weight excluding hydrogens is 182 g/mol. The van der Waals surface area contributed by atoms with Crippen molar-refractivity contribution in [1.29, 1.82) is 0 Å². The van der Waals surface area contributed by atoms with E-state index in [2.05, 4.69) is 0 Å². The number of carbonyl (C=O) groups excluding carboxylic acids is 1. The Labute approximate surface area is 83.5 Å². The van der Waals surface area contributed by atoms with Gasteiger partial charge < -0.3 is 10.8 Å². The zero-order chi connectivity index (χ0) is 10.9. The summed E-state index contributed by atoms with van der Waals surface area (Å²) < 4.78 is 0. The molecule has 4 heteroatoms. The molecular formula is C10H17NO3. The van der Waals surface area contributed by atoms with E-state index in [4.69, 9.17) is 10.8 Å². The third-order valence-corrected chi connectivity index (χ3v) is 3.03. The SMILES string of the molecule is CC(=O)C(C(=O)O)[C@H]1C[C@@H](C)CC1N. The average Bonchev–Trinajstić information content (AvgIpc) is 2.29. The van der Waals surface area contributed by atoms with Gasteiger partial charge in [0.15, 0.2) is 0 Å². The first-order valence-electron chi connectivity index (χ1n) is 4.92. The van der Waals surface area contributed by atoms with Crippen LogP contribution in [0.3, 0.4) is 0 Å². The second-order valence-electron chi connectivity index (χ2n) is 4.33. The van der Waals surface area contributed by atoms with Crippen molar-refractivity contribution in [3.8, 4) is 0 Å². The second-order valence-corrected chi connectivity index (χ2v) is 4.33. The first-order chi connectivity index (χ1) is 6.43. The van der Waals surface area contributed by atoms with Crippen molar-refractivity contribution in [2.24, 2.45) is 23.5 Å². The predicted molar refractivity (Wildman–Crippen MR) is 51.7 cm³/mol. The van der Waals surface area contributed by atoms with Gasteiger partial charge in [-0.1, -0.05) is 6.92 Å². The fourth-order valence-electron chi connectivity index (χ4n) is 2.42. The number of hydrogen-bond donors (Lipinski definition) is 2. The van der Waals surface area contributed by atoms with Crippen molar-refractivity contribution in [3.05, 3.63) is 0 Å². The van der Waals surface area contributed by atoms with Crippen LogP contribution in [0, 0.1) is 17.8 Å². The molecule has 0 amide bonds. The lowest BCUT2D eigenvalue weighted by atomic mass is 9.85. The van der Waals surface area contributed by atoms with Crippen LogP contribution in [0.1, 0.15) is 26.7 Å². The Kier molecular flexibility index (Phi) is 3.26. The molecule has 0 aromatic carbocycles. The number of rotatable bonds is 3. The molecule has 80 valence electrons. The molecule has 0 saturated heterocycles. The van der Waals surface area contributed by atoms with E-state index in [1.54, 1.807) is 0 Å². The minimum absolute atomic E-state index is 0.144. The summed E-state index contributed by atoms with van der Waals surface area (Å²) in [6, 6.07) is -0.144. The van der Waals surface area contributed by atoms with Gasteiger partial charge in [-0.05, 0) is 31.6 Å². The molecule has 1 saturated carbocycles. The number of carbonyl (C=O) groups is 2. The maximum Gasteiger partial charge on any atom is 0.314 e. The van der Waals surface area contributed by atoms with Crippen LogP contribution in [-0.4, -0.2) is 22.9 Å². The van der Waals surface area contributed by atoms with Crippen LogP contribution in [0.5, 0.6) is 0 Å². The highest BCUT2D eigenvalue weighted by Crippen LogP contribution is 2.35. The van der Waals surface area contributed by atoms with E-state index in [0.29, 0.717) is 5.92 Å². The molecule has 0 heterocycles. The van der Waals surface area contributed by atoms with Crippen molar-refractivity contribution in [1.82, 2.24) is 0 Å². The monoisotopic (exact) mass is 199 g/mol. The quantitative estimate of drug-likeness (QED) is 0.654. The van der Waals surface area contributed by atoms with Gasteiger partial charge in [0.25, 0.3) is 0 Å². The highest BCUT2D eigenvalue weighted by atomic mass is 16.4. The lowest BCUT2D eigenvalue weighted by Gasteiger charge is -2.20. The Morgan fingerprint density at radius 2 is 2.00 bits per heavy atom. The van der Waals surface area contributed by atoms with Crippen molar-refractivity contribution in [2.75, 3.05) is 0 Å². The highest BCUT2D eigenvalue weighted by Gasteiger charge is 2.40. The second kappa shape index (κ2) is 4.09. The van der Waals surface area contributed by atoms with Crippen molar-refractivity contribution in [3.63, 3.8) is 0 Å². The van der Waals surface area contributed by atoms with E-state index >= 15 is 0 Å². The van der Waals surface area contributed by atoms with Gasteiger partial charge in [0.05, 0.1) is 0 Å². The summed E-state index contributed by atoms with van der Waals surface area (Å²) in [6.07, 6.45) is 1.57. The molecule has 3 N–H and O–H groups in total. The third kappa shape index (κ3) is 2.12. The normalized spacial score (nSPS) is 34.1. The summed E-state index contributed by atoms with van der Waals surface area (Å²) in [7, 11) is 0. The number of nitrogens with two attached hydrogens (primary N) is 1. The molecule has 4 nitrogen and oxygen atoms in total. The van der Waals surface area contributed by atoms with Gasteiger partial charge in [-0.25, -0.2) is 0 Å². The molecule has 1 aliphatic carbocycles. The Morgan fingerprint density at radius 1 is 1.43 bits per heavy atom. The summed E-state index contributed by atoms with van der Waals surface area (Å²) in [5.74, 6) is -1.98. The number of hydrogen-bond acceptors (Lipinski definition) is 3. The largest absolute Gasteiger partial charge is 0.481 e. The molecule has 1 aliphatic rings. The maximum atomic E-state index is 11.2. The number of carboxylic acids is 1. The van der Waals surface area contributed by atoms with Gasteiger partial charge in [0.2, 0.25) is 0 Å². The van der Waals surface area contributed by atoms with Crippen LogP contribution in [0.2, 0.25) is 0 Å². The smallest absolute Gasteiger partial charge is 0.314 e. The number of carboxylic acid groups (broad SMARTS) is 1. The molecule has 0 radical (unpaired) electrons. The molecule has 2 unspecified atom stereocenters. The topological polar surface area (TPSA) is 80.4 Å². The zero-order valence-electron chi connectivity index (χ0n) is 8.56. The number of Topliss-reactive ketones (excluding diaryl/α,β-unsaturated/α-hetero) is 1. The van der Waals surface area contributed by atoms with Gasteiger partial charge in [-0.15, -0.1) is 0 Å². The van der Waals surface area contributed by atoms with Crippen LogP contribution in [0.25, 0.3) is 0 Å². The van der Waals surface area contributed by atoms with Crippen molar-refractivity contribution >= 4 is 11.8 Å². The fraction of sp³-hybridized carbons (Fsp3) is 0.800. The maximum absolute atomic E-state index is 11.2. The van der Waals surface area contributed by atoms with Gasteiger partial charge in [0, 0.05) is 6.04 Å². The van der Waals surface area contributed by atoms with Crippen LogP contribution in [-0.2, 0) is 9.59 Å². The molecule has 0 aromatic heterocycles. The van der Waals surface area contributed by atoms with E-state index in [1.165, 1.54) is 6.92 Å². The first kappa shape index (κ1) is 11.2. The summed E-state index contributed by atoms with van der Waals surface area (Å²) in [5.41, 5.74) is 5.83. The van der Waals surface area contributed by atoms with E-state index in [-0.39, 0.29) is 17.7 Å². The highest BCUT2D eigenvalue weighted by molar-refractivity contribution is 5.97. The number of ketones is 1. The lowest BCUT2D eigenvalue weighted by molar-refractivity contribution is -0.148. The van der Waals surface area contributed by atoms with E-state index in [0.717, 1.165) is 12.8 Å². The fourth-order valence-corrected chi connectivity index (χ4v) is 2.42. The summed E-state index contributed by atoms with van der Waals surface area (Å²) in [6.45, 7) is 3.37. The summed E-state index contributed by atoms with van der Waals surface area (Å²) in [5, 5.41) is 8.93. The van der Waals surface area contributed by atoms with Gasteiger partial charge in [-0.2, -0.15) is 0 Å². The molecule has 14 heavy (non-hydrogen) atoms. The minimum atomic E-state index is -1.04. The zero-order valence-corrected chi connectivity index (χ0v) is 8.56. The molecule has 1 fully saturated rings. The van der Waals surface area contributed by atoms with Crippen LogP contribution >= 0.6 is 0 Å². The summed E-state index contributed by atoms with van der Waals surface area (Å²) in [4.78, 5) is 22.1. The Morgan fingerprint density at radius 3 is 2.29 bits per heavy atom. The standard InChI is InChI=1S/C10H17NO3/c1-5-3-7(8(11)4-5)9(6(2)12)10(13)14/h5,7-9H,3-4,11H2,1-2H3,(H,13,14)/t5-,7+,8?,9?/m1/s1. The Bertz CT molecular complexity index is 238. The van der Waals surface area contributed by atoms with Crippen molar-refractivity contribution < 1.29 is 14.7 Å². The van der Waals surface area contributed by atoms with Crippen LogP contribution in [0.4, 0.5) is 0 Å². The predicted octanol–water partition coefficient (Wildman–Crippen LogP) is 0.650. The van der Waals surface area contributed by atoms with Gasteiger partial charge in [0.1, 0.15) is 11.7 Å². The Balaban J connectivity index is 2.79. The van der Waals surface area contributed by atoms with Crippen LogP contribution < -0.4 is 5.73 Å². The molecule has 0 spiro atoms. The molecule has 0 bridgehead atoms. The lowest BCUT2D eigenvalue weighted by Crippen LogP contribution is -2.38. The van der Waals surface area contributed by atoms with Gasteiger partial charge in [-0.3, -0.25) is 9.59 Å². The van der Waals surface area contributed by atoms with E-state index in [9.17, 15) is 9.59 Å². The molecule has 4 atom stereocenters. The van der Waals surface area contributed by atoms with Crippen LogP contribution in [0.15, 0.2) is 0 Å². The third-order valence-electron chi connectivity index (χ3n) is 3.03. The molecule has 0 aliphatic heterocycles. The van der Waals surface area contributed by atoms with Gasteiger partial charge >= 0.3 is 5.97 Å². The van der Waals surface area contributed by atoms with E-state index in [1.807, 2.05) is 6.92 Å². The average molecular weight is 199 g/mol. The minimum Gasteiger partial charge on any atom is -0.481 e. The molecule has 0 aromatic rings. The summed E-state index contributed by atoms with van der Waals surface area (Å²) >= 11 is 0. The first-order valence-corrected chi connectivity index (χ1v) is 4.92.